The molecule has 0 amide bonds. The molecule has 0 spiro atoms. The Kier molecular flexibility index (Phi) is 2.29. The highest BCUT2D eigenvalue weighted by atomic mass is 32.1. The highest BCUT2D eigenvalue weighted by Crippen LogP contribution is 2.28. The topological polar surface area (TPSA) is 47.8 Å². The zero-order valence-corrected chi connectivity index (χ0v) is 11.0. The van der Waals surface area contributed by atoms with Crippen LogP contribution in [0.1, 0.15) is 12.2 Å². The number of hydrogen-bond donors (Lipinski definition) is 0. The molecular formula is C14H11N3OS. The first kappa shape index (κ1) is 10.9. The van der Waals surface area contributed by atoms with Crippen LogP contribution < -0.4 is 5.56 Å². The molecule has 4 nitrogen and oxygen atoms in total. The molecule has 94 valence electrons. The van der Waals surface area contributed by atoms with Crippen LogP contribution >= 0.6 is 11.3 Å². The van der Waals surface area contributed by atoms with Gasteiger partial charge in [0.2, 0.25) is 0 Å². The van der Waals surface area contributed by atoms with Crippen molar-refractivity contribution in [3.8, 4) is 10.6 Å². The molecule has 2 aromatic heterocycles. The molecule has 3 heterocycles. The predicted octanol–water partition coefficient (Wildman–Crippen LogP) is 2.47. The first-order valence-corrected chi connectivity index (χ1v) is 7.10. The first-order valence-electron chi connectivity index (χ1n) is 6.28. The molecule has 0 bridgehead atoms. The number of aromatic nitrogens is 3. The molecule has 1 aliphatic rings. The summed E-state index contributed by atoms with van der Waals surface area (Å²) >= 11 is 1.49. The van der Waals surface area contributed by atoms with Gasteiger partial charge >= 0.3 is 0 Å². The van der Waals surface area contributed by atoms with Gasteiger partial charge in [0, 0.05) is 18.5 Å². The van der Waals surface area contributed by atoms with Crippen LogP contribution in [0.2, 0.25) is 0 Å². The molecule has 0 radical (unpaired) electrons. The third kappa shape index (κ3) is 1.62. The molecule has 4 rings (SSSR count). The van der Waals surface area contributed by atoms with Crippen LogP contribution in [0.4, 0.5) is 0 Å². The maximum absolute atomic E-state index is 12.3. The van der Waals surface area contributed by atoms with Gasteiger partial charge < -0.3 is 0 Å². The lowest BCUT2D eigenvalue weighted by Crippen LogP contribution is -2.20. The lowest BCUT2D eigenvalue weighted by Gasteiger charge is -1.99. The molecule has 5 heteroatoms. The zero-order chi connectivity index (χ0) is 12.8. The Hall–Kier alpha value is -2.01. The molecule has 0 atom stereocenters. The largest absolute Gasteiger partial charge is 0.295 e. The van der Waals surface area contributed by atoms with Crippen molar-refractivity contribution in [3.63, 3.8) is 0 Å². The maximum Gasteiger partial charge on any atom is 0.280 e. The monoisotopic (exact) mass is 269 g/mol. The molecule has 0 N–H and O–H groups in total. The third-order valence-electron chi connectivity index (χ3n) is 3.40. The Morgan fingerprint density at radius 2 is 2.00 bits per heavy atom. The standard InChI is InChI=1S/C14H11N3OS/c18-14-11-13(15-10-7-4-8-17(10)14)19-12(16-11)9-5-2-1-3-6-9/h1-3,5-6H,4,7-8H2. The molecule has 0 saturated carbocycles. The second-order valence-corrected chi connectivity index (χ2v) is 5.60. The summed E-state index contributed by atoms with van der Waals surface area (Å²) in [4.78, 5) is 22.2. The van der Waals surface area contributed by atoms with Gasteiger partial charge in [-0.3, -0.25) is 9.36 Å². The van der Waals surface area contributed by atoms with E-state index < -0.39 is 0 Å². The molecule has 0 unspecified atom stereocenters. The fourth-order valence-electron chi connectivity index (χ4n) is 2.47. The average Bonchev–Trinajstić information content (AvgIpc) is 3.06. The normalized spacial score (nSPS) is 13.9. The van der Waals surface area contributed by atoms with E-state index in [1.807, 2.05) is 30.3 Å². The van der Waals surface area contributed by atoms with E-state index in [0.29, 0.717) is 5.52 Å². The van der Waals surface area contributed by atoms with Crippen molar-refractivity contribution < 1.29 is 0 Å². The number of hydrogen-bond acceptors (Lipinski definition) is 4. The summed E-state index contributed by atoms with van der Waals surface area (Å²) in [7, 11) is 0. The van der Waals surface area contributed by atoms with Crippen LogP contribution in [-0.2, 0) is 13.0 Å². The first-order chi connectivity index (χ1) is 9.33. The molecule has 19 heavy (non-hydrogen) atoms. The highest BCUT2D eigenvalue weighted by Gasteiger charge is 2.19. The van der Waals surface area contributed by atoms with Gasteiger partial charge in [0.1, 0.15) is 10.8 Å². The van der Waals surface area contributed by atoms with Gasteiger partial charge in [0.25, 0.3) is 5.56 Å². The van der Waals surface area contributed by atoms with Crippen molar-refractivity contribution >= 4 is 21.7 Å². The number of thiazole rings is 1. The van der Waals surface area contributed by atoms with Gasteiger partial charge in [-0.2, -0.15) is 0 Å². The minimum atomic E-state index is 0.0101. The van der Waals surface area contributed by atoms with Crippen molar-refractivity contribution in [1.29, 1.82) is 0 Å². The number of fused-ring (bicyclic) bond motifs is 2. The van der Waals surface area contributed by atoms with Crippen molar-refractivity contribution in [2.45, 2.75) is 19.4 Å². The van der Waals surface area contributed by atoms with Gasteiger partial charge in [-0.25, -0.2) is 9.97 Å². The smallest absolute Gasteiger partial charge is 0.280 e. The van der Waals surface area contributed by atoms with Gasteiger partial charge in [0.05, 0.1) is 0 Å². The lowest BCUT2D eigenvalue weighted by atomic mass is 10.2. The lowest BCUT2D eigenvalue weighted by molar-refractivity contribution is 0.718. The van der Waals surface area contributed by atoms with Gasteiger partial charge in [-0.15, -0.1) is 0 Å². The van der Waals surface area contributed by atoms with Gasteiger partial charge in [0.15, 0.2) is 10.3 Å². The van der Waals surface area contributed by atoms with E-state index in [1.165, 1.54) is 11.3 Å². The Balaban J connectivity index is 1.99. The number of benzene rings is 1. The van der Waals surface area contributed by atoms with Crippen LogP contribution in [0.15, 0.2) is 35.1 Å². The number of aryl methyl sites for hydroxylation is 1. The maximum atomic E-state index is 12.3. The molecular weight excluding hydrogens is 258 g/mol. The summed E-state index contributed by atoms with van der Waals surface area (Å²) in [5, 5.41) is 0.865. The van der Waals surface area contributed by atoms with E-state index in [1.54, 1.807) is 4.57 Å². The molecule has 1 aliphatic heterocycles. The fourth-order valence-corrected chi connectivity index (χ4v) is 3.43. The summed E-state index contributed by atoms with van der Waals surface area (Å²) in [6.07, 6.45) is 1.90. The van der Waals surface area contributed by atoms with Crippen LogP contribution in [0.5, 0.6) is 0 Å². The van der Waals surface area contributed by atoms with Crippen LogP contribution in [0.3, 0.4) is 0 Å². The Bertz CT molecular complexity index is 820. The van der Waals surface area contributed by atoms with E-state index in [-0.39, 0.29) is 5.56 Å². The summed E-state index contributed by atoms with van der Waals surface area (Å²) < 4.78 is 1.76. The van der Waals surface area contributed by atoms with Gasteiger partial charge in [-0.1, -0.05) is 41.7 Å². The molecule has 3 aromatic rings. The molecule has 0 aliphatic carbocycles. The van der Waals surface area contributed by atoms with Crippen LogP contribution in [-0.4, -0.2) is 14.5 Å². The summed E-state index contributed by atoms with van der Waals surface area (Å²) in [5.41, 5.74) is 1.56. The Morgan fingerprint density at radius 1 is 1.16 bits per heavy atom. The summed E-state index contributed by atoms with van der Waals surface area (Å²) in [6.45, 7) is 0.773. The van der Waals surface area contributed by atoms with E-state index in [9.17, 15) is 4.79 Å². The molecule has 0 saturated heterocycles. The highest BCUT2D eigenvalue weighted by molar-refractivity contribution is 7.21. The van der Waals surface area contributed by atoms with E-state index in [0.717, 1.165) is 40.6 Å². The van der Waals surface area contributed by atoms with Crippen molar-refractivity contribution in [3.05, 3.63) is 46.5 Å². The average molecular weight is 269 g/mol. The van der Waals surface area contributed by atoms with E-state index in [2.05, 4.69) is 9.97 Å². The predicted molar refractivity (Wildman–Crippen MR) is 75.4 cm³/mol. The second kappa shape index (κ2) is 3.99. The van der Waals surface area contributed by atoms with E-state index in [4.69, 9.17) is 0 Å². The quantitative estimate of drug-likeness (QED) is 0.682. The fraction of sp³-hybridized carbons (Fsp3) is 0.214. The summed E-state index contributed by atoms with van der Waals surface area (Å²) in [6, 6.07) is 9.92. The van der Waals surface area contributed by atoms with Crippen LogP contribution in [0.25, 0.3) is 20.9 Å². The minimum absolute atomic E-state index is 0.0101. The third-order valence-corrected chi connectivity index (χ3v) is 4.40. The van der Waals surface area contributed by atoms with Crippen LogP contribution in [0, 0.1) is 0 Å². The second-order valence-electron chi connectivity index (χ2n) is 4.63. The molecule has 0 fully saturated rings. The van der Waals surface area contributed by atoms with E-state index >= 15 is 0 Å². The Morgan fingerprint density at radius 3 is 2.84 bits per heavy atom. The number of rotatable bonds is 1. The van der Waals surface area contributed by atoms with Crippen molar-refractivity contribution in [2.75, 3.05) is 0 Å². The zero-order valence-electron chi connectivity index (χ0n) is 10.2. The van der Waals surface area contributed by atoms with Crippen molar-refractivity contribution in [2.24, 2.45) is 0 Å². The SMILES string of the molecule is O=c1c2nc(-c3ccccc3)sc2nc2n1CCC2. The minimum Gasteiger partial charge on any atom is -0.295 e. The van der Waals surface area contributed by atoms with Gasteiger partial charge in [-0.05, 0) is 6.42 Å². The van der Waals surface area contributed by atoms with Crippen molar-refractivity contribution in [1.82, 2.24) is 14.5 Å². The Labute approximate surface area is 113 Å². The summed E-state index contributed by atoms with van der Waals surface area (Å²) in [5.74, 6) is 0.903. The molecule has 1 aromatic carbocycles. The number of nitrogens with zero attached hydrogens (tertiary/aromatic N) is 3.